The van der Waals surface area contributed by atoms with Crippen LogP contribution < -0.4 is 11.1 Å². The number of carbonyl (C=O) groups is 2. The standard InChI is InChI=1S/C28H40N4O2/c1-20(2)18-31(19-23-9-5-21(3)6-10-23)25-13-16-32(26(17-25)27(33)30-15-14-29)28(34)24-11-7-22(4)8-12-24/h5-12,20,25-26H,13-19,29H2,1-4H3,(H,30,33)/t25?,26-/m1/s1. The van der Waals surface area contributed by atoms with Crippen LogP contribution in [0.2, 0.25) is 0 Å². The lowest BCUT2D eigenvalue weighted by atomic mass is 9.93. The number of benzene rings is 2. The zero-order valence-corrected chi connectivity index (χ0v) is 21.1. The van der Waals surface area contributed by atoms with E-state index in [1.165, 1.54) is 11.1 Å². The second-order valence-corrected chi connectivity index (χ2v) is 9.95. The average molecular weight is 465 g/mol. The van der Waals surface area contributed by atoms with E-state index in [1.807, 2.05) is 31.2 Å². The van der Waals surface area contributed by atoms with E-state index in [2.05, 4.69) is 55.3 Å². The number of hydrogen-bond acceptors (Lipinski definition) is 4. The van der Waals surface area contributed by atoms with Crippen LogP contribution >= 0.6 is 0 Å². The first-order valence-corrected chi connectivity index (χ1v) is 12.4. The number of carbonyl (C=O) groups excluding carboxylic acids is 2. The van der Waals surface area contributed by atoms with Crippen LogP contribution in [0.4, 0.5) is 0 Å². The molecule has 1 heterocycles. The van der Waals surface area contributed by atoms with Crippen LogP contribution in [-0.4, -0.2) is 59.9 Å². The van der Waals surface area contributed by atoms with Crippen LogP contribution in [0, 0.1) is 19.8 Å². The highest BCUT2D eigenvalue weighted by atomic mass is 16.2. The predicted octanol–water partition coefficient (Wildman–Crippen LogP) is 3.51. The second kappa shape index (κ2) is 12.1. The van der Waals surface area contributed by atoms with Crippen molar-refractivity contribution in [1.29, 1.82) is 0 Å². The molecule has 1 unspecified atom stereocenters. The third kappa shape index (κ3) is 6.90. The Kier molecular flexibility index (Phi) is 9.25. The minimum atomic E-state index is -0.508. The topological polar surface area (TPSA) is 78.7 Å². The van der Waals surface area contributed by atoms with Gasteiger partial charge in [-0.15, -0.1) is 0 Å². The summed E-state index contributed by atoms with van der Waals surface area (Å²) in [4.78, 5) is 30.8. The van der Waals surface area contributed by atoms with Gasteiger partial charge in [-0.3, -0.25) is 14.5 Å². The summed E-state index contributed by atoms with van der Waals surface area (Å²) < 4.78 is 0. The molecule has 1 fully saturated rings. The summed E-state index contributed by atoms with van der Waals surface area (Å²) in [6.07, 6.45) is 1.46. The Morgan fingerprint density at radius 3 is 2.26 bits per heavy atom. The molecule has 0 radical (unpaired) electrons. The molecule has 0 spiro atoms. The molecule has 2 atom stereocenters. The lowest BCUT2D eigenvalue weighted by Crippen LogP contribution is -2.57. The maximum Gasteiger partial charge on any atom is 0.254 e. The third-order valence-corrected chi connectivity index (χ3v) is 6.50. The minimum absolute atomic E-state index is 0.0831. The summed E-state index contributed by atoms with van der Waals surface area (Å²) in [5.74, 6) is 0.304. The maximum atomic E-state index is 13.4. The Hall–Kier alpha value is -2.70. The molecule has 3 N–H and O–H groups in total. The largest absolute Gasteiger partial charge is 0.353 e. The Labute approximate surface area is 204 Å². The summed E-state index contributed by atoms with van der Waals surface area (Å²) in [7, 11) is 0. The van der Waals surface area contributed by atoms with E-state index in [4.69, 9.17) is 5.73 Å². The van der Waals surface area contributed by atoms with Crippen molar-refractivity contribution in [2.75, 3.05) is 26.2 Å². The summed E-state index contributed by atoms with van der Waals surface area (Å²) >= 11 is 0. The van der Waals surface area contributed by atoms with Gasteiger partial charge >= 0.3 is 0 Å². The van der Waals surface area contributed by atoms with Gasteiger partial charge in [0, 0.05) is 44.3 Å². The van der Waals surface area contributed by atoms with Crippen molar-refractivity contribution in [2.24, 2.45) is 11.7 Å². The number of likely N-dealkylation sites (tertiary alicyclic amines) is 1. The van der Waals surface area contributed by atoms with Crippen LogP contribution in [0.3, 0.4) is 0 Å². The van der Waals surface area contributed by atoms with Crippen molar-refractivity contribution in [3.63, 3.8) is 0 Å². The minimum Gasteiger partial charge on any atom is -0.353 e. The van der Waals surface area contributed by atoms with E-state index in [0.29, 0.717) is 37.5 Å². The van der Waals surface area contributed by atoms with Crippen molar-refractivity contribution in [3.05, 3.63) is 70.8 Å². The summed E-state index contributed by atoms with van der Waals surface area (Å²) in [5.41, 5.74) is 9.88. The van der Waals surface area contributed by atoms with Gasteiger partial charge in [0.25, 0.3) is 5.91 Å². The fourth-order valence-electron chi connectivity index (χ4n) is 4.68. The van der Waals surface area contributed by atoms with Gasteiger partial charge < -0.3 is 16.0 Å². The maximum absolute atomic E-state index is 13.4. The van der Waals surface area contributed by atoms with E-state index >= 15 is 0 Å². The van der Waals surface area contributed by atoms with E-state index in [1.54, 1.807) is 4.90 Å². The quantitative estimate of drug-likeness (QED) is 0.595. The molecule has 0 aromatic heterocycles. The number of nitrogens with two attached hydrogens (primary N) is 1. The Balaban J connectivity index is 1.82. The van der Waals surface area contributed by atoms with Crippen LogP contribution in [0.25, 0.3) is 0 Å². The summed E-state index contributed by atoms with van der Waals surface area (Å²) in [5, 5.41) is 2.93. The Bertz CT molecular complexity index is 940. The SMILES string of the molecule is Cc1ccc(CN(CC(C)C)C2CCN(C(=O)c3ccc(C)cc3)[C@@H](C(=O)NCCN)C2)cc1. The van der Waals surface area contributed by atoms with Gasteiger partial charge in [0.05, 0.1) is 0 Å². The molecule has 1 saturated heterocycles. The molecule has 0 saturated carbocycles. The molecule has 1 aliphatic heterocycles. The number of piperidine rings is 1. The number of nitrogens with one attached hydrogen (secondary N) is 1. The summed E-state index contributed by atoms with van der Waals surface area (Å²) in [6, 6.07) is 16.0. The highest BCUT2D eigenvalue weighted by Gasteiger charge is 2.38. The van der Waals surface area contributed by atoms with Gasteiger partial charge in [-0.1, -0.05) is 61.4 Å². The van der Waals surface area contributed by atoms with E-state index in [-0.39, 0.29) is 17.9 Å². The third-order valence-electron chi connectivity index (χ3n) is 6.50. The first-order valence-electron chi connectivity index (χ1n) is 12.4. The highest BCUT2D eigenvalue weighted by molar-refractivity contribution is 5.97. The van der Waals surface area contributed by atoms with Crippen molar-refractivity contribution in [3.8, 4) is 0 Å². The first kappa shape index (κ1) is 25.9. The molecule has 1 aliphatic rings. The molecule has 2 aromatic rings. The van der Waals surface area contributed by atoms with Gasteiger partial charge in [-0.2, -0.15) is 0 Å². The van der Waals surface area contributed by atoms with Crippen molar-refractivity contribution >= 4 is 11.8 Å². The molecular formula is C28H40N4O2. The lowest BCUT2D eigenvalue weighted by molar-refractivity contribution is -0.127. The Morgan fingerprint density at radius 2 is 1.68 bits per heavy atom. The molecular weight excluding hydrogens is 424 g/mol. The fraction of sp³-hybridized carbons (Fsp3) is 0.500. The molecule has 6 heteroatoms. The van der Waals surface area contributed by atoms with Crippen LogP contribution in [-0.2, 0) is 11.3 Å². The number of amides is 2. The van der Waals surface area contributed by atoms with Crippen LogP contribution in [0.15, 0.2) is 48.5 Å². The normalized spacial score (nSPS) is 18.4. The van der Waals surface area contributed by atoms with E-state index in [9.17, 15) is 9.59 Å². The van der Waals surface area contributed by atoms with Crippen LogP contribution in [0.5, 0.6) is 0 Å². The number of hydrogen-bond donors (Lipinski definition) is 2. The van der Waals surface area contributed by atoms with Gasteiger partial charge in [0.2, 0.25) is 5.91 Å². The smallest absolute Gasteiger partial charge is 0.254 e. The molecule has 6 nitrogen and oxygen atoms in total. The molecule has 34 heavy (non-hydrogen) atoms. The van der Waals surface area contributed by atoms with Gasteiger partial charge in [-0.25, -0.2) is 0 Å². The van der Waals surface area contributed by atoms with Crippen LogP contribution in [0.1, 0.15) is 53.7 Å². The van der Waals surface area contributed by atoms with Crippen molar-refractivity contribution in [2.45, 2.75) is 59.2 Å². The molecule has 0 bridgehead atoms. The van der Waals surface area contributed by atoms with E-state index < -0.39 is 6.04 Å². The first-order chi connectivity index (χ1) is 16.3. The predicted molar refractivity (Wildman–Crippen MR) is 138 cm³/mol. The molecule has 2 amide bonds. The second-order valence-electron chi connectivity index (χ2n) is 9.95. The lowest BCUT2D eigenvalue weighted by Gasteiger charge is -2.43. The van der Waals surface area contributed by atoms with Crippen molar-refractivity contribution in [1.82, 2.24) is 15.1 Å². The average Bonchev–Trinajstić information content (AvgIpc) is 2.83. The number of rotatable bonds is 9. The number of nitrogens with zero attached hydrogens (tertiary/aromatic N) is 2. The molecule has 184 valence electrons. The van der Waals surface area contributed by atoms with Crippen molar-refractivity contribution < 1.29 is 9.59 Å². The zero-order valence-electron chi connectivity index (χ0n) is 21.1. The zero-order chi connectivity index (χ0) is 24.7. The highest BCUT2D eigenvalue weighted by Crippen LogP contribution is 2.26. The van der Waals surface area contributed by atoms with E-state index in [0.717, 1.165) is 25.1 Å². The van der Waals surface area contributed by atoms with Gasteiger partial charge in [0.1, 0.15) is 6.04 Å². The fourth-order valence-corrected chi connectivity index (χ4v) is 4.68. The van der Waals surface area contributed by atoms with Gasteiger partial charge in [-0.05, 0) is 50.3 Å². The summed E-state index contributed by atoms with van der Waals surface area (Å²) in [6.45, 7) is 11.7. The monoisotopic (exact) mass is 464 g/mol. The number of aryl methyl sites for hydroxylation is 2. The van der Waals surface area contributed by atoms with Gasteiger partial charge in [0.15, 0.2) is 0 Å². The molecule has 3 rings (SSSR count). The Morgan fingerprint density at radius 1 is 1.06 bits per heavy atom. The molecule has 0 aliphatic carbocycles. The molecule has 2 aromatic carbocycles.